The second-order valence-electron chi connectivity index (χ2n) is 2.91. The summed E-state index contributed by atoms with van der Waals surface area (Å²) in [6.07, 6.45) is 0.145. The molecule has 0 saturated heterocycles. The quantitative estimate of drug-likeness (QED) is 0.269. The molecule has 0 aromatic carbocycles. The van der Waals surface area contributed by atoms with Gasteiger partial charge in [-0.3, -0.25) is 13.8 Å². The molecule has 96 valence electrons. The number of carbonyl (C=O) groups excluding carboxylic acids is 1. The van der Waals surface area contributed by atoms with Crippen molar-refractivity contribution >= 4 is 13.6 Å². The summed E-state index contributed by atoms with van der Waals surface area (Å²) < 4.78 is 25.9. The molecule has 0 fully saturated rings. The molecule has 0 saturated carbocycles. The van der Waals surface area contributed by atoms with Crippen LogP contribution in [0.1, 0.15) is 13.3 Å². The molecule has 0 aliphatic heterocycles. The minimum Gasteiger partial charge on any atom is -0.317 e. The van der Waals surface area contributed by atoms with E-state index < -0.39 is 7.82 Å². The first-order chi connectivity index (χ1) is 7.54. The number of hydrogen-bond donors (Lipinski definition) is 1. The molecular weight excluding hydrogens is 237 g/mol. The van der Waals surface area contributed by atoms with Crippen LogP contribution < -0.4 is 5.32 Å². The number of phosphoric ester groups is 1. The van der Waals surface area contributed by atoms with Crippen molar-refractivity contribution in [1.29, 1.82) is 0 Å². The molecule has 0 aliphatic carbocycles. The summed E-state index contributed by atoms with van der Waals surface area (Å²) in [6.45, 7) is 2.02. The highest BCUT2D eigenvalue weighted by Gasteiger charge is 2.27. The molecule has 1 unspecified atom stereocenters. The van der Waals surface area contributed by atoms with Gasteiger partial charge in [0.05, 0.1) is 20.3 Å². The predicted molar refractivity (Wildman–Crippen MR) is 56.8 cm³/mol. The Bertz CT molecular complexity index is 247. The first kappa shape index (κ1) is 15.7. The Morgan fingerprint density at radius 2 is 1.94 bits per heavy atom. The third-order valence-corrected chi connectivity index (χ3v) is 2.80. The smallest absolute Gasteiger partial charge is 0.317 e. The van der Waals surface area contributed by atoms with Gasteiger partial charge in [0.2, 0.25) is 0 Å². The van der Waals surface area contributed by atoms with Crippen LogP contribution in [0, 0.1) is 0 Å². The SMILES string of the molecule is CNCCOP(=O)(OCCC(C)=O)OOC. The van der Waals surface area contributed by atoms with Gasteiger partial charge in [0.15, 0.2) is 0 Å². The first-order valence-corrected chi connectivity index (χ1v) is 6.25. The van der Waals surface area contributed by atoms with Crippen LogP contribution >= 0.6 is 7.82 Å². The van der Waals surface area contributed by atoms with E-state index >= 15 is 0 Å². The number of carbonyl (C=O) groups is 1. The lowest BCUT2D eigenvalue weighted by Gasteiger charge is -2.15. The highest BCUT2D eigenvalue weighted by atomic mass is 31.2. The fraction of sp³-hybridized carbons (Fsp3) is 0.875. The van der Waals surface area contributed by atoms with Crippen molar-refractivity contribution in [3.05, 3.63) is 0 Å². The lowest BCUT2D eigenvalue weighted by molar-refractivity contribution is -0.201. The van der Waals surface area contributed by atoms with Gasteiger partial charge in [-0.25, -0.2) is 9.45 Å². The summed E-state index contributed by atoms with van der Waals surface area (Å²) >= 11 is 0. The lowest BCUT2D eigenvalue weighted by Crippen LogP contribution is -2.14. The van der Waals surface area contributed by atoms with Gasteiger partial charge in [-0.1, -0.05) is 0 Å². The van der Waals surface area contributed by atoms with Crippen LogP contribution in [0.4, 0.5) is 0 Å². The van der Waals surface area contributed by atoms with Gasteiger partial charge in [0, 0.05) is 13.0 Å². The topological polar surface area (TPSA) is 83.1 Å². The summed E-state index contributed by atoms with van der Waals surface area (Å²) in [5.41, 5.74) is 0. The van der Waals surface area contributed by atoms with Gasteiger partial charge in [0.25, 0.3) is 0 Å². The molecule has 1 N–H and O–H groups in total. The number of hydrogen-bond acceptors (Lipinski definition) is 7. The Balaban J connectivity index is 4.00. The molecule has 0 heterocycles. The van der Waals surface area contributed by atoms with Gasteiger partial charge in [-0.2, -0.15) is 0 Å². The highest BCUT2D eigenvalue weighted by molar-refractivity contribution is 7.48. The second-order valence-corrected chi connectivity index (χ2v) is 4.47. The number of phosphoric acid groups is 1. The molecular formula is C8H18NO6P. The van der Waals surface area contributed by atoms with Crippen LogP contribution in [0.25, 0.3) is 0 Å². The van der Waals surface area contributed by atoms with E-state index in [4.69, 9.17) is 9.05 Å². The van der Waals surface area contributed by atoms with Crippen LogP contribution in [-0.2, 0) is 28.0 Å². The Kier molecular flexibility index (Phi) is 8.64. The fourth-order valence-electron chi connectivity index (χ4n) is 0.732. The Labute approximate surface area is 94.9 Å². The van der Waals surface area contributed by atoms with Crippen molar-refractivity contribution in [3.8, 4) is 0 Å². The normalized spacial score (nSPS) is 14.7. The van der Waals surface area contributed by atoms with Crippen LogP contribution in [0.2, 0.25) is 0 Å². The van der Waals surface area contributed by atoms with E-state index in [1.807, 2.05) is 0 Å². The van der Waals surface area contributed by atoms with E-state index in [9.17, 15) is 9.36 Å². The average Bonchev–Trinajstić information content (AvgIpc) is 2.18. The van der Waals surface area contributed by atoms with Crippen LogP contribution in [0.3, 0.4) is 0 Å². The van der Waals surface area contributed by atoms with E-state index in [0.29, 0.717) is 6.54 Å². The zero-order valence-electron chi connectivity index (χ0n) is 9.73. The maximum atomic E-state index is 11.7. The minimum atomic E-state index is -3.72. The third kappa shape index (κ3) is 7.92. The maximum Gasteiger partial charge on any atom is 0.502 e. The zero-order valence-corrected chi connectivity index (χ0v) is 10.6. The van der Waals surface area contributed by atoms with Crippen LogP contribution in [0.15, 0.2) is 0 Å². The Morgan fingerprint density at radius 1 is 1.31 bits per heavy atom. The molecule has 0 aromatic rings. The third-order valence-electron chi connectivity index (χ3n) is 1.47. The van der Waals surface area contributed by atoms with E-state index in [1.54, 1.807) is 7.05 Å². The molecule has 8 heteroatoms. The van der Waals surface area contributed by atoms with Gasteiger partial charge in [0.1, 0.15) is 5.78 Å². The summed E-state index contributed by atoms with van der Waals surface area (Å²) in [4.78, 5) is 14.9. The molecule has 0 bridgehead atoms. The lowest BCUT2D eigenvalue weighted by atomic mass is 10.3. The van der Waals surface area contributed by atoms with E-state index in [2.05, 4.69) is 14.9 Å². The number of likely N-dealkylation sites (N-methyl/N-ethyl adjacent to an activating group) is 1. The summed E-state index contributed by atoms with van der Waals surface area (Å²) in [5.74, 6) is -0.0702. The summed E-state index contributed by atoms with van der Waals surface area (Å²) in [7, 11) is -0.799. The average molecular weight is 255 g/mol. The Morgan fingerprint density at radius 3 is 2.44 bits per heavy atom. The Hall–Kier alpha value is -0.300. The van der Waals surface area contributed by atoms with Crippen molar-refractivity contribution in [3.63, 3.8) is 0 Å². The van der Waals surface area contributed by atoms with Gasteiger partial charge < -0.3 is 5.32 Å². The van der Waals surface area contributed by atoms with E-state index in [-0.39, 0.29) is 25.4 Å². The van der Waals surface area contributed by atoms with Crippen LogP contribution in [-0.4, -0.2) is 39.7 Å². The molecule has 1 atom stereocenters. The summed E-state index contributed by atoms with van der Waals surface area (Å²) in [6, 6.07) is 0. The zero-order chi connectivity index (χ0) is 12.4. The minimum absolute atomic E-state index is 0.0322. The molecule has 16 heavy (non-hydrogen) atoms. The van der Waals surface area contributed by atoms with Crippen molar-refractivity contribution in [2.75, 3.05) is 33.9 Å². The van der Waals surface area contributed by atoms with E-state index in [1.165, 1.54) is 14.0 Å². The van der Waals surface area contributed by atoms with Gasteiger partial charge in [-0.15, -0.1) is 4.67 Å². The molecule has 7 nitrogen and oxygen atoms in total. The number of nitrogens with one attached hydrogen (secondary N) is 1. The van der Waals surface area contributed by atoms with E-state index in [0.717, 1.165) is 0 Å². The van der Waals surface area contributed by atoms with Crippen LogP contribution in [0.5, 0.6) is 0 Å². The highest BCUT2D eigenvalue weighted by Crippen LogP contribution is 2.49. The van der Waals surface area contributed by atoms with Crippen molar-refractivity contribution in [1.82, 2.24) is 5.32 Å². The second kappa shape index (κ2) is 8.81. The number of Topliss-reactive ketones (excluding diaryl/α,β-unsaturated/α-hetero) is 1. The number of rotatable bonds is 10. The largest absolute Gasteiger partial charge is 0.502 e. The van der Waals surface area contributed by atoms with Crippen molar-refractivity contribution in [2.24, 2.45) is 0 Å². The van der Waals surface area contributed by atoms with Gasteiger partial charge in [-0.05, 0) is 14.0 Å². The summed E-state index contributed by atoms with van der Waals surface area (Å²) in [5, 5.41) is 2.80. The van der Waals surface area contributed by atoms with Gasteiger partial charge >= 0.3 is 7.82 Å². The predicted octanol–water partition coefficient (Wildman–Crippen LogP) is 0.904. The number of ketones is 1. The molecule has 0 rings (SSSR count). The van der Waals surface area contributed by atoms with Crippen molar-refractivity contribution < 1.29 is 28.0 Å². The fourth-order valence-corrected chi connectivity index (χ4v) is 1.71. The van der Waals surface area contributed by atoms with Crippen molar-refractivity contribution in [2.45, 2.75) is 13.3 Å². The maximum absolute atomic E-state index is 11.7. The first-order valence-electron chi connectivity index (χ1n) is 4.79. The standard InChI is InChI=1S/C8H18NO6P/c1-8(10)4-6-13-16(11,15-12-3)14-7-5-9-2/h9H,4-7H2,1-3H3. The molecule has 0 amide bonds. The monoisotopic (exact) mass is 255 g/mol. The molecule has 0 spiro atoms. The molecule has 0 radical (unpaired) electrons. The molecule has 0 aromatic heterocycles. The molecule has 0 aliphatic rings.